The Kier molecular flexibility index (Phi) is 4.75. The summed E-state index contributed by atoms with van der Waals surface area (Å²) in [6, 6.07) is 7.28. The minimum Gasteiger partial charge on any atom is -0.462 e. The molecule has 1 aromatic heterocycles. The van der Waals surface area contributed by atoms with Crippen LogP contribution in [0.3, 0.4) is 0 Å². The Hall–Kier alpha value is -2.14. The average Bonchev–Trinajstić information content (AvgIpc) is 2.79. The summed E-state index contributed by atoms with van der Waals surface area (Å²) in [7, 11) is 0. The van der Waals surface area contributed by atoms with Crippen LogP contribution in [-0.2, 0) is 11.3 Å². The molecule has 0 amide bonds. The standard InChI is InChI=1S/C16H21N3O2/c1-4-8-21-16(20)13-6-5-7-14(9-13)19-12(3)15(10-17)11(2)18-19/h5-7,9H,4,8,10,17H2,1-3H3. The fourth-order valence-corrected chi connectivity index (χ4v) is 2.26. The van der Waals surface area contributed by atoms with Crippen molar-refractivity contribution in [3.05, 3.63) is 46.8 Å². The Morgan fingerprint density at radius 2 is 2.14 bits per heavy atom. The smallest absolute Gasteiger partial charge is 0.338 e. The van der Waals surface area contributed by atoms with Crippen LogP contribution in [-0.4, -0.2) is 22.4 Å². The molecule has 112 valence electrons. The van der Waals surface area contributed by atoms with Gasteiger partial charge in [0.1, 0.15) is 0 Å². The van der Waals surface area contributed by atoms with Crippen LogP contribution < -0.4 is 5.73 Å². The summed E-state index contributed by atoms with van der Waals surface area (Å²) in [5.74, 6) is -0.306. The molecule has 0 fully saturated rings. The maximum absolute atomic E-state index is 11.9. The van der Waals surface area contributed by atoms with Gasteiger partial charge in [0.05, 0.1) is 23.6 Å². The Morgan fingerprint density at radius 1 is 1.38 bits per heavy atom. The first-order valence-electron chi connectivity index (χ1n) is 7.11. The Bertz CT molecular complexity index is 647. The fraction of sp³-hybridized carbons (Fsp3) is 0.375. The first-order chi connectivity index (χ1) is 10.1. The van der Waals surface area contributed by atoms with Crippen molar-refractivity contribution in [2.75, 3.05) is 6.61 Å². The number of nitrogens with two attached hydrogens (primary N) is 1. The topological polar surface area (TPSA) is 70.1 Å². The summed E-state index contributed by atoms with van der Waals surface area (Å²) in [5.41, 5.74) is 10.1. The molecule has 1 aromatic carbocycles. The molecule has 2 aromatic rings. The highest BCUT2D eigenvalue weighted by Crippen LogP contribution is 2.18. The van der Waals surface area contributed by atoms with Crippen molar-refractivity contribution >= 4 is 5.97 Å². The molecule has 0 aliphatic heterocycles. The van der Waals surface area contributed by atoms with Gasteiger partial charge in [-0.05, 0) is 38.5 Å². The third kappa shape index (κ3) is 3.13. The molecule has 0 spiro atoms. The van der Waals surface area contributed by atoms with Gasteiger partial charge in [-0.15, -0.1) is 0 Å². The molecule has 0 aliphatic carbocycles. The minimum atomic E-state index is -0.306. The Labute approximate surface area is 124 Å². The lowest BCUT2D eigenvalue weighted by atomic mass is 10.2. The molecular weight excluding hydrogens is 266 g/mol. The van der Waals surface area contributed by atoms with Crippen LogP contribution in [0.4, 0.5) is 0 Å². The molecule has 0 atom stereocenters. The monoisotopic (exact) mass is 287 g/mol. The Balaban J connectivity index is 2.35. The number of esters is 1. The molecule has 0 bridgehead atoms. The van der Waals surface area contributed by atoms with Crippen LogP contribution in [0.25, 0.3) is 5.69 Å². The van der Waals surface area contributed by atoms with Gasteiger partial charge in [0.2, 0.25) is 0 Å². The Morgan fingerprint density at radius 3 is 2.76 bits per heavy atom. The lowest BCUT2D eigenvalue weighted by Gasteiger charge is -2.08. The summed E-state index contributed by atoms with van der Waals surface area (Å²) in [4.78, 5) is 11.9. The summed E-state index contributed by atoms with van der Waals surface area (Å²) in [6.07, 6.45) is 0.808. The van der Waals surface area contributed by atoms with Gasteiger partial charge in [-0.3, -0.25) is 0 Å². The van der Waals surface area contributed by atoms with Crippen LogP contribution in [0.1, 0.15) is 40.7 Å². The van der Waals surface area contributed by atoms with E-state index in [0.717, 1.165) is 29.1 Å². The zero-order valence-electron chi connectivity index (χ0n) is 12.7. The van der Waals surface area contributed by atoms with Crippen LogP contribution in [0, 0.1) is 13.8 Å². The van der Waals surface area contributed by atoms with Gasteiger partial charge in [0.25, 0.3) is 0 Å². The number of hydrogen-bond donors (Lipinski definition) is 1. The van der Waals surface area contributed by atoms with E-state index in [2.05, 4.69) is 5.10 Å². The van der Waals surface area contributed by atoms with E-state index >= 15 is 0 Å². The SMILES string of the molecule is CCCOC(=O)c1cccc(-n2nc(C)c(CN)c2C)c1. The predicted octanol–water partition coefficient (Wildman–Crippen LogP) is 2.51. The number of benzene rings is 1. The molecule has 0 saturated carbocycles. The van der Waals surface area contributed by atoms with Gasteiger partial charge in [-0.25, -0.2) is 9.48 Å². The molecule has 21 heavy (non-hydrogen) atoms. The van der Waals surface area contributed by atoms with Gasteiger partial charge < -0.3 is 10.5 Å². The molecule has 5 heteroatoms. The molecule has 2 rings (SSSR count). The molecule has 5 nitrogen and oxygen atoms in total. The van der Waals surface area contributed by atoms with Crippen molar-refractivity contribution in [1.82, 2.24) is 9.78 Å². The quantitative estimate of drug-likeness (QED) is 0.858. The second-order valence-electron chi connectivity index (χ2n) is 4.95. The highest BCUT2D eigenvalue weighted by atomic mass is 16.5. The summed E-state index contributed by atoms with van der Waals surface area (Å²) < 4.78 is 6.97. The van der Waals surface area contributed by atoms with E-state index in [-0.39, 0.29) is 5.97 Å². The average molecular weight is 287 g/mol. The van der Waals surface area contributed by atoms with Crippen molar-refractivity contribution in [1.29, 1.82) is 0 Å². The van der Waals surface area contributed by atoms with Crippen LogP contribution >= 0.6 is 0 Å². The summed E-state index contributed by atoms with van der Waals surface area (Å²) in [5, 5.41) is 4.50. The molecule has 2 N–H and O–H groups in total. The second-order valence-corrected chi connectivity index (χ2v) is 4.95. The predicted molar refractivity (Wildman–Crippen MR) is 81.5 cm³/mol. The normalized spacial score (nSPS) is 10.7. The third-order valence-corrected chi connectivity index (χ3v) is 3.41. The summed E-state index contributed by atoms with van der Waals surface area (Å²) >= 11 is 0. The van der Waals surface area contributed by atoms with Gasteiger partial charge in [0, 0.05) is 17.8 Å². The zero-order chi connectivity index (χ0) is 15.4. The largest absolute Gasteiger partial charge is 0.462 e. The lowest BCUT2D eigenvalue weighted by molar-refractivity contribution is 0.0505. The second kappa shape index (κ2) is 6.54. The highest BCUT2D eigenvalue weighted by molar-refractivity contribution is 5.90. The van der Waals surface area contributed by atoms with Crippen LogP contribution in [0.5, 0.6) is 0 Å². The molecule has 0 unspecified atom stereocenters. The van der Waals surface area contributed by atoms with Gasteiger partial charge in [-0.2, -0.15) is 5.10 Å². The molecular formula is C16H21N3O2. The molecule has 0 radical (unpaired) electrons. The van der Waals surface area contributed by atoms with E-state index in [1.807, 2.05) is 37.6 Å². The maximum atomic E-state index is 11.9. The van der Waals surface area contributed by atoms with E-state index in [0.29, 0.717) is 18.7 Å². The number of nitrogens with zero attached hydrogens (tertiary/aromatic N) is 2. The minimum absolute atomic E-state index is 0.306. The van der Waals surface area contributed by atoms with Crippen molar-refractivity contribution in [3.63, 3.8) is 0 Å². The number of rotatable bonds is 5. The fourth-order valence-electron chi connectivity index (χ4n) is 2.26. The number of carbonyl (C=O) groups is 1. The lowest BCUT2D eigenvalue weighted by Crippen LogP contribution is -2.08. The summed E-state index contributed by atoms with van der Waals surface area (Å²) in [6.45, 7) is 6.76. The van der Waals surface area contributed by atoms with Crippen LogP contribution in [0.2, 0.25) is 0 Å². The van der Waals surface area contributed by atoms with E-state index in [1.54, 1.807) is 12.1 Å². The van der Waals surface area contributed by atoms with E-state index in [4.69, 9.17) is 10.5 Å². The molecule has 0 aliphatic rings. The first-order valence-corrected chi connectivity index (χ1v) is 7.11. The third-order valence-electron chi connectivity index (χ3n) is 3.41. The first kappa shape index (κ1) is 15.3. The van der Waals surface area contributed by atoms with Gasteiger partial charge in [-0.1, -0.05) is 13.0 Å². The van der Waals surface area contributed by atoms with Crippen LogP contribution in [0.15, 0.2) is 24.3 Å². The zero-order valence-corrected chi connectivity index (χ0v) is 12.7. The number of carbonyl (C=O) groups excluding carboxylic acids is 1. The maximum Gasteiger partial charge on any atom is 0.338 e. The van der Waals surface area contributed by atoms with E-state index < -0.39 is 0 Å². The van der Waals surface area contributed by atoms with Gasteiger partial charge >= 0.3 is 5.97 Å². The number of aryl methyl sites for hydroxylation is 1. The number of aromatic nitrogens is 2. The number of ether oxygens (including phenoxy) is 1. The van der Waals surface area contributed by atoms with Crippen molar-refractivity contribution in [2.24, 2.45) is 5.73 Å². The number of hydrogen-bond acceptors (Lipinski definition) is 4. The van der Waals surface area contributed by atoms with Gasteiger partial charge in [0.15, 0.2) is 0 Å². The van der Waals surface area contributed by atoms with Crippen molar-refractivity contribution in [3.8, 4) is 5.69 Å². The molecule has 0 saturated heterocycles. The highest BCUT2D eigenvalue weighted by Gasteiger charge is 2.13. The van der Waals surface area contributed by atoms with Crippen molar-refractivity contribution in [2.45, 2.75) is 33.7 Å². The van der Waals surface area contributed by atoms with Crippen molar-refractivity contribution < 1.29 is 9.53 Å². The van der Waals surface area contributed by atoms with E-state index in [1.165, 1.54) is 0 Å². The van der Waals surface area contributed by atoms with E-state index in [9.17, 15) is 4.79 Å². The molecule has 1 heterocycles.